The van der Waals surface area contributed by atoms with Crippen LogP contribution in [0.25, 0.3) is 11.1 Å². The summed E-state index contributed by atoms with van der Waals surface area (Å²) >= 11 is 0. The summed E-state index contributed by atoms with van der Waals surface area (Å²) < 4.78 is 0. The zero-order valence-corrected chi connectivity index (χ0v) is 8.97. The highest BCUT2D eigenvalue weighted by Gasteiger charge is 2.25. The van der Waals surface area contributed by atoms with Gasteiger partial charge in [0.2, 0.25) is 0 Å². The van der Waals surface area contributed by atoms with E-state index in [-0.39, 0.29) is 11.3 Å². The Labute approximate surface area is 98.0 Å². The van der Waals surface area contributed by atoms with Crippen molar-refractivity contribution in [3.63, 3.8) is 0 Å². The molecule has 0 atom stereocenters. The molecule has 84 valence electrons. The van der Waals surface area contributed by atoms with Crippen molar-refractivity contribution >= 4 is 5.97 Å². The fourth-order valence-corrected chi connectivity index (χ4v) is 2.44. The van der Waals surface area contributed by atoms with Gasteiger partial charge in [0.25, 0.3) is 0 Å². The van der Waals surface area contributed by atoms with E-state index in [1.165, 1.54) is 6.07 Å². The van der Waals surface area contributed by atoms with Gasteiger partial charge in [-0.05, 0) is 34.7 Å². The summed E-state index contributed by atoms with van der Waals surface area (Å²) in [4.78, 5) is 11.2. The largest absolute Gasteiger partial charge is 0.507 e. The van der Waals surface area contributed by atoms with Crippen LogP contribution in [0.4, 0.5) is 0 Å². The van der Waals surface area contributed by atoms with E-state index in [1.54, 1.807) is 6.07 Å². The lowest BCUT2D eigenvalue weighted by Crippen LogP contribution is -2.02. The average molecular weight is 226 g/mol. The molecule has 3 nitrogen and oxygen atoms in total. The summed E-state index contributed by atoms with van der Waals surface area (Å²) in [6.45, 7) is 0. The number of aromatic hydroxyl groups is 1. The monoisotopic (exact) mass is 226 g/mol. The van der Waals surface area contributed by atoms with Gasteiger partial charge in [0.05, 0.1) is 0 Å². The van der Waals surface area contributed by atoms with E-state index in [9.17, 15) is 9.90 Å². The highest BCUT2D eigenvalue weighted by molar-refractivity contribution is 5.97. The van der Waals surface area contributed by atoms with Gasteiger partial charge >= 0.3 is 5.97 Å². The third-order valence-corrected chi connectivity index (χ3v) is 3.18. The molecular weight excluding hydrogens is 216 g/mol. The van der Waals surface area contributed by atoms with E-state index < -0.39 is 5.97 Å². The van der Waals surface area contributed by atoms with Crippen LogP contribution in [0, 0.1) is 0 Å². The lowest BCUT2D eigenvalue weighted by molar-refractivity contribution is 0.0693. The second-order valence-corrected chi connectivity index (χ2v) is 4.12. The van der Waals surface area contributed by atoms with Crippen LogP contribution in [0.15, 0.2) is 36.4 Å². The second kappa shape index (κ2) is 3.35. The Kier molecular flexibility index (Phi) is 1.95. The molecule has 3 heteroatoms. The smallest absolute Gasteiger partial charge is 0.339 e. The Balaban J connectivity index is 2.31. The third-order valence-electron chi connectivity index (χ3n) is 3.18. The standard InChI is InChI=1S/C14H10O3/c15-12-6-5-10-9-4-2-1-3-8(9)7-11(10)13(12)14(16)17/h1-6,15H,7H2,(H,16,17). The molecule has 17 heavy (non-hydrogen) atoms. The summed E-state index contributed by atoms with van der Waals surface area (Å²) in [5.41, 5.74) is 3.81. The van der Waals surface area contributed by atoms with Gasteiger partial charge in [-0.2, -0.15) is 0 Å². The highest BCUT2D eigenvalue weighted by Crippen LogP contribution is 2.40. The molecule has 1 aliphatic carbocycles. The number of carboxylic acid groups (broad SMARTS) is 1. The molecule has 0 aliphatic heterocycles. The van der Waals surface area contributed by atoms with Crippen molar-refractivity contribution in [3.8, 4) is 16.9 Å². The van der Waals surface area contributed by atoms with Gasteiger partial charge in [-0.25, -0.2) is 4.79 Å². The number of carboxylic acids is 1. The molecule has 0 spiro atoms. The predicted molar refractivity (Wildman–Crippen MR) is 63.3 cm³/mol. The predicted octanol–water partition coefficient (Wildman–Crippen LogP) is 2.66. The minimum Gasteiger partial charge on any atom is -0.507 e. The molecule has 0 amide bonds. The summed E-state index contributed by atoms with van der Waals surface area (Å²) in [6, 6.07) is 11.1. The maximum atomic E-state index is 11.2. The molecule has 0 fully saturated rings. The molecule has 3 rings (SSSR count). The normalized spacial score (nSPS) is 12.0. The SMILES string of the molecule is O=C(O)c1c(O)ccc2c1Cc1ccccc1-2. The summed E-state index contributed by atoms with van der Waals surface area (Å²) in [7, 11) is 0. The van der Waals surface area contributed by atoms with Gasteiger partial charge in [-0.1, -0.05) is 30.3 Å². The van der Waals surface area contributed by atoms with E-state index in [2.05, 4.69) is 0 Å². The zero-order chi connectivity index (χ0) is 12.0. The van der Waals surface area contributed by atoms with Crippen molar-refractivity contribution < 1.29 is 15.0 Å². The number of benzene rings is 2. The molecule has 0 radical (unpaired) electrons. The molecule has 1 aliphatic rings. The van der Waals surface area contributed by atoms with Crippen molar-refractivity contribution in [3.05, 3.63) is 53.1 Å². The Morgan fingerprint density at radius 2 is 1.82 bits per heavy atom. The molecule has 0 unspecified atom stereocenters. The van der Waals surface area contributed by atoms with Crippen LogP contribution in [0.5, 0.6) is 5.75 Å². The van der Waals surface area contributed by atoms with Crippen LogP contribution in [0.1, 0.15) is 21.5 Å². The minimum atomic E-state index is -1.08. The number of carbonyl (C=O) groups is 1. The quantitative estimate of drug-likeness (QED) is 0.670. The molecule has 2 N–H and O–H groups in total. The van der Waals surface area contributed by atoms with E-state index in [1.807, 2.05) is 24.3 Å². The van der Waals surface area contributed by atoms with Gasteiger partial charge in [0.1, 0.15) is 11.3 Å². The van der Waals surface area contributed by atoms with Crippen LogP contribution < -0.4 is 0 Å². The van der Waals surface area contributed by atoms with Crippen molar-refractivity contribution in [1.82, 2.24) is 0 Å². The van der Waals surface area contributed by atoms with Crippen LogP contribution in [-0.4, -0.2) is 16.2 Å². The number of rotatable bonds is 1. The van der Waals surface area contributed by atoms with Gasteiger partial charge < -0.3 is 10.2 Å². The molecule has 0 bridgehead atoms. The van der Waals surface area contributed by atoms with Crippen molar-refractivity contribution in [2.45, 2.75) is 6.42 Å². The summed E-state index contributed by atoms with van der Waals surface area (Å²) in [6.07, 6.45) is 0.571. The number of aromatic carboxylic acids is 1. The van der Waals surface area contributed by atoms with Gasteiger partial charge in [0, 0.05) is 0 Å². The van der Waals surface area contributed by atoms with Crippen molar-refractivity contribution in [2.24, 2.45) is 0 Å². The summed E-state index contributed by atoms with van der Waals surface area (Å²) in [5, 5.41) is 18.8. The first kappa shape index (κ1) is 9.90. The molecule has 0 heterocycles. The van der Waals surface area contributed by atoms with Crippen LogP contribution in [-0.2, 0) is 6.42 Å². The zero-order valence-electron chi connectivity index (χ0n) is 8.97. The Hall–Kier alpha value is -2.29. The third kappa shape index (κ3) is 1.32. The van der Waals surface area contributed by atoms with Gasteiger partial charge in [-0.3, -0.25) is 0 Å². The van der Waals surface area contributed by atoms with E-state index in [0.29, 0.717) is 12.0 Å². The number of fused-ring (bicyclic) bond motifs is 3. The molecular formula is C14H10O3. The number of phenols is 1. The maximum Gasteiger partial charge on any atom is 0.339 e. The fourth-order valence-electron chi connectivity index (χ4n) is 2.44. The topological polar surface area (TPSA) is 57.5 Å². The molecule has 2 aromatic rings. The highest BCUT2D eigenvalue weighted by atomic mass is 16.4. The lowest BCUT2D eigenvalue weighted by Gasteiger charge is -2.06. The van der Waals surface area contributed by atoms with Crippen LogP contribution in [0.2, 0.25) is 0 Å². The Bertz CT molecular complexity index is 629. The first-order valence-corrected chi connectivity index (χ1v) is 5.35. The van der Waals surface area contributed by atoms with E-state index in [0.717, 1.165) is 16.7 Å². The van der Waals surface area contributed by atoms with Crippen LogP contribution in [0.3, 0.4) is 0 Å². The second-order valence-electron chi connectivity index (χ2n) is 4.12. The number of hydrogen-bond donors (Lipinski definition) is 2. The Morgan fingerprint density at radius 3 is 2.59 bits per heavy atom. The van der Waals surface area contributed by atoms with E-state index >= 15 is 0 Å². The first-order valence-electron chi connectivity index (χ1n) is 5.35. The van der Waals surface area contributed by atoms with E-state index in [4.69, 9.17) is 5.11 Å². The molecule has 0 saturated carbocycles. The lowest BCUT2D eigenvalue weighted by atomic mass is 10.0. The van der Waals surface area contributed by atoms with Crippen LogP contribution >= 0.6 is 0 Å². The molecule has 2 aromatic carbocycles. The van der Waals surface area contributed by atoms with Gasteiger partial charge in [-0.15, -0.1) is 0 Å². The number of hydrogen-bond acceptors (Lipinski definition) is 2. The summed E-state index contributed by atoms with van der Waals surface area (Å²) in [5.74, 6) is -1.24. The van der Waals surface area contributed by atoms with Crippen molar-refractivity contribution in [2.75, 3.05) is 0 Å². The minimum absolute atomic E-state index is 0.0266. The molecule has 0 saturated heterocycles. The fraction of sp³-hybridized carbons (Fsp3) is 0.0714. The van der Waals surface area contributed by atoms with Gasteiger partial charge in [0.15, 0.2) is 0 Å². The Morgan fingerprint density at radius 1 is 1.06 bits per heavy atom. The average Bonchev–Trinajstić information content (AvgIpc) is 2.66. The molecule has 0 aromatic heterocycles. The first-order chi connectivity index (χ1) is 8.18. The maximum absolute atomic E-state index is 11.2. The van der Waals surface area contributed by atoms with Crippen molar-refractivity contribution in [1.29, 1.82) is 0 Å².